The van der Waals surface area contributed by atoms with Gasteiger partial charge in [0.15, 0.2) is 5.96 Å². The van der Waals surface area contributed by atoms with E-state index in [1.807, 2.05) is 49.0 Å². The average Bonchev–Trinajstić information content (AvgIpc) is 3.29. The fourth-order valence-electron chi connectivity index (χ4n) is 2.56. The molecule has 2 aromatic heterocycles. The molecule has 2 heterocycles. The molecule has 0 saturated carbocycles. The molecule has 0 fully saturated rings. The summed E-state index contributed by atoms with van der Waals surface area (Å²) in [6.45, 7) is 4.09. The van der Waals surface area contributed by atoms with Crippen molar-refractivity contribution in [1.29, 1.82) is 0 Å². The minimum atomic E-state index is 0.539. The lowest BCUT2D eigenvalue weighted by Gasteiger charge is -2.09. The third kappa shape index (κ3) is 5.59. The Labute approximate surface area is 163 Å². The summed E-state index contributed by atoms with van der Waals surface area (Å²) in [5.74, 6) is 1.87. The number of rotatable bonds is 7. The molecule has 0 radical (unpaired) electrons. The van der Waals surface area contributed by atoms with Gasteiger partial charge >= 0.3 is 0 Å². The molecule has 2 N–H and O–H groups in total. The summed E-state index contributed by atoms with van der Waals surface area (Å²) in [4.78, 5) is 9.01. The normalized spacial score (nSPS) is 11.6. The largest absolute Gasteiger partial charge is 0.357 e. The monoisotopic (exact) mass is 386 g/mol. The first kappa shape index (κ1) is 19.0. The van der Waals surface area contributed by atoms with Gasteiger partial charge in [-0.15, -0.1) is 0 Å². The maximum atomic E-state index is 6.01. The van der Waals surface area contributed by atoms with E-state index in [4.69, 9.17) is 16.1 Å². The summed E-state index contributed by atoms with van der Waals surface area (Å²) >= 11 is 6.01. The van der Waals surface area contributed by atoms with Crippen molar-refractivity contribution in [2.24, 2.45) is 12.0 Å². The Bertz CT molecular complexity index is 901. The van der Waals surface area contributed by atoms with E-state index >= 15 is 0 Å². The quantitative estimate of drug-likeness (QED) is 0.482. The lowest BCUT2D eigenvalue weighted by atomic mass is 10.2. The predicted octanol–water partition coefficient (Wildman–Crippen LogP) is 3.03. The number of benzene rings is 1. The van der Waals surface area contributed by atoms with Crippen LogP contribution in [0.4, 0.5) is 0 Å². The first-order chi connectivity index (χ1) is 13.1. The van der Waals surface area contributed by atoms with E-state index in [9.17, 15) is 0 Å². The van der Waals surface area contributed by atoms with Crippen LogP contribution in [0, 0.1) is 0 Å². The molecule has 3 aromatic rings. The predicted molar refractivity (Wildman–Crippen MR) is 107 cm³/mol. The molecular formula is C19H23ClN6O. The zero-order valence-electron chi connectivity index (χ0n) is 15.4. The van der Waals surface area contributed by atoms with Crippen molar-refractivity contribution in [3.63, 3.8) is 0 Å². The van der Waals surface area contributed by atoms with E-state index in [1.165, 1.54) is 0 Å². The van der Waals surface area contributed by atoms with E-state index in [0.29, 0.717) is 36.2 Å². The number of guanidine groups is 1. The number of hydrogen-bond acceptors (Lipinski definition) is 4. The van der Waals surface area contributed by atoms with Crippen LogP contribution in [-0.2, 0) is 20.0 Å². The van der Waals surface area contributed by atoms with Gasteiger partial charge in [0.05, 0.1) is 6.54 Å². The Morgan fingerprint density at radius 1 is 1.30 bits per heavy atom. The van der Waals surface area contributed by atoms with E-state index in [0.717, 1.165) is 23.6 Å². The van der Waals surface area contributed by atoms with Gasteiger partial charge in [0.25, 0.3) is 0 Å². The van der Waals surface area contributed by atoms with Crippen LogP contribution in [-0.4, -0.2) is 33.8 Å². The zero-order valence-corrected chi connectivity index (χ0v) is 16.2. The highest BCUT2D eigenvalue weighted by atomic mass is 35.5. The number of nitrogens with zero attached hydrogens (tertiary/aromatic N) is 4. The first-order valence-electron chi connectivity index (χ1n) is 8.85. The summed E-state index contributed by atoms with van der Waals surface area (Å²) in [5.41, 5.74) is 2.00. The second-order valence-corrected chi connectivity index (χ2v) is 6.52. The highest BCUT2D eigenvalue weighted by Gasteiger charge is 2.09. The molecule has 0 atom stereocenters. The minimum Gasteiger partial charge on any atom is -0.357 e. The van der Waals surface area contributed by atoms with Gasteiger partial charge in [0, 0.05) is 49.5 Å². The van der Waals surface area contributed by atoms with Gasteiger partial charge in [-0.05, 0) is 30.7 Å². The highest BCUT2D eigenvalue weighted by Crippen LogP contribution is 2.19. The molecule has 0 bridgehead atoms. The van der Waals surface area contributed by atoms with Crippen molar-refractivity contribution in [3.05, 3.63) is 59.2 Å². The van der Waals surface area contributed by atoms with Gasteiger partial charge in [-0.25, -0.2) is 4.99 Å². The van der Waals surface area contributed by atoms with Crippen LogP contribution < -0.4 is 10.6 Å². The number of aliphatic imine (C=N–C) groups is 1. The zero-order chi connectivity index (χ0) is 19.1. The number of halogens is 1. The van der Waals surface area contributed by atoms with Gasteiger partial charge in [-0.3, -0.25) is 0 Å². The van der Waals surface area contributed by atoms with Crippen LogP contribution in [0.1, 0.15) is 18.4 Å². The standard InChI is InChI=1S/C19H23ClN6O/c1-3-21-19(23-12-14-8-10-26(2)13-14)22-9-7-17-24-18(25-27-17)15-5-4-6-16(20)11-15/h4-6,8,10-11,13H,3,7,9,12H2,1-2H3,(H2,21,22,23). The van der Waals surface area contributed by atoms with Crippen LogP contribution in [0.5, 0.6) is 0 Å². The molecule has 0 aliphatic rings. The first-order valence-corrected chi connectivity index (χ1v) is 9.23. The molecule has 0 saturated heterocycles. The molecular weight excluding hydrogens is 364 g/mol. The molecule has 8 heteroatoms. The van der Waals surface area contributed by atoms with E-state index in [2.05, 4.69) is 38.0 Å². The van der Waals surface area contributed by atoms with E-state index in [1.54, 1.807) is 0 Å². The van der Waals surface area contributed by atoms with Gasteiger partial charge in [0.2, 0.25) is 11.7 Å². The molecule has 0 aliphatic heterocycles. The molecule has 27 heavy (non-hydrogen) atoms. The molecule has 0 spiro atoms. The van der Waals surface area contributed by atoms with Crippen LogP contribution in [0.15, 0.2) is 52.2 Å². The van der Waals surface area contributed by atoms with Crippen LogP contribution in [0.25, 0.3) is 11.4 Å². The minimum absolute atomic E-state index is 0.539. The Kier molecular flexibility index (Phi) is 6.49. The molecule has 0 aliphatic carbocycles. The average molecular weight is 387 g/mol. The Morgan fingerprint density at radius 2 is 2.19 bits per heavy atom. The fraction of sp³-hybridized carbons (Fsp3) is 0.316. The van der Waals surface area contributed by atoms with E-state index in [-0.39, 0.29) is 0 Å². The number of aryl methyl sites for hydroxylation is 1. The van der Waals surface area contributed by atoms with Crippen LogP contribution >= 0.6 is 11.6 Å². The molecule has 142 valence electrons. The van der Waals surface area contributed by atoms with Crippen molar-refractivity contribution >= 4 is 17.6 Å². The summed E-state index contributed by atoms with van der Waals surface area (Å²) < 4.78 is 7.34. The van der Waals surface area contributed by atoms with Gasteiger partial charge < -0.3 is 19.7 Å². The van der Waals surface area contributed by atoms with Gasteiger partial charge in [-0.2, -0.15) is 4.98 Å². The van der Waals surface area contributed by atoms with Crippen LogP contribution in [0.2, 0.25) is 5.02 Å². The number of nitrogens with one attached hydrogen (secondary N) is 2. The molecule has 0 amide bonds. The van der Waals surface area contributed by atoms with Gasteiger partial charge in [-0.1, -0.05) is 28.9 Å². The summed E-state index contributed by atoms with van der Waals surface area (Å²) in [6.07, 6.45) is 4.67. The summed E-state index contributed by atoms with van der Waals surface area (Å²) in [6, 6.07) is 9.45. The van der Waals surface area contributed by atoms with E-state index < -0.39 is 0 Å². The Balaban J connectivity index is 1.54. The maximum absolute atomic E-state index is 6.01. The smallest absolute Gasteiger partial charge is 0.228 e. The summed E-state index contributed by atoms with van der Waals surface area (Å²) in [7, 11) is 2.00. The molecule has 0 unspecified atom stereocenters. The third-order valence-corrected chi connectivity index (χ3v) is 4.07. The molecule has 7 nitrogen and oxygen atoms in total. The van der Waals surface area contributed by atoms with Crippen molar-refractivity contribution in [2.45, 2.75) is 19.9 Å². The molecule has 3 rings (SSSR count). The van der Waals surface area contributed by atoms with Crippen molar-refractivity contribution in [3.8, 4) is 11.4 Å². The topological polar surface area (TPSA) is 80.3 Å². The summed E-state index contributed by atoms with van der Waals surface area (Å²) in [5, 5.41) is 11.2. The lowest BCUT2D eigenvalue weighted by molar-refractivity contribution is 0.378. The van der Waals surface area contributed by atoms with Crippen molar-refractivity contribution in [2.75, 3.05) is 13.1 Å². The number of hydrogen-bond donors (Lipinski definition) is 2. The fourth-order valence-corrected chi connectivity index (χ4v) is 2.75. The van der Waals surface area contributed by atoms with Crippen molar-refractivity contribution < 1.29 is 4.52 Å². The number of aromatic nitrogens is 3. The Hall–Kier alpha value is -2.80. The van der Waals surface area contributed by atoms with Gasteiger partial charge in [0.1, 0.15) is 0 Å². The second kappa shape index (κ2) is 9.23. The lowest BCUT2D eigenvalue weighted by Crippen LogP contribution is -2.38. The van der Waals surface area contributed by atoms with Crippen LogP contribution in [0.3, 0.4) is 0 Å². The SMILES string of the molecule is CCNC(=NCc1ccn(C)c1)NCCc1nc(-c2cccc(Cl)c2)no1. The third-order valence-electron chi connectivity index (χ3n) is 3.84. The maximum Gasteiger partial charge on any atom is 0.228 e. The second-order valence-electron chi connectivity index (χ2n) is 6.08. The van der Waals surface area contributed by atoms with Crippen molar-refractivity contribution in [1.82, 2.24) is 25.3 Å². The highest BCUT2D eigenvalue weighted by molar-refractivity contribution is 6.30. The Morgan fingerprint density at radius 3 is 2.93 bits per heavy atom. The molecule has 1 aromatic carbocycles.